The molecule has 0 spiro atoms. The van der Waals surface area contributed by atoms with Crippen molar-refractivity contribution < 1.29 is 14.4 Å². The average Bonchev–Trinajstić information content (AvgIpc) is 3.34. The van der Waals surface area contributed by atoms with Crippen LogP contribution in [0.3, 0.4) is 0 Å². The Morgan fingerprint density at radius 1 is 1.29 bits per heavy atom. The third-order valence-corrected chi connectivity index (χ3v) is 4.77. The minimum Gasteiger partial charge on any atom is -0.388 e. The van der Waals surface area contributed by atoms with Crippen LogP contribution in [0.15, 0.2) is 52.2 Å². The van der Waals surface area contributed by atoms with E-state index >= 15 is 0 Å². The number of fused-ring (bicyclic) bond motifs is 1. The van der Waals surface area contributed by atoms with Gasteiger partial charge in [-0.05, 0) is 23.8 Å². The van der Waals surface area contributed by atoms with Gasteiger partial charge in [-0.15, -0.1) is 0 Å². The van der Waals surface area contributed by atoms with Crippen molar-refractivity contribution in [2.45, 2.75) is 38.8 Å². The fraction of sp³-hybridized carbons (Fsp3) is 0.286. The predicted molar refractivity (Wildman–Crippen MR) is 102 cm³/mol. The molecule has 1 atom stereocenters. The molecule has 0 amide bonds. The summed E-state index contributed by atoms with van der Waals surface area (Å²) in [5.74, 6) is 0.600. The van der Waals surface area contributed by atoms with Gasteiger partial charge in [-0.2, -0.15) is 0 Å². The van der Waals surface area contributed by atoms with Crippen LogP contribution in [0.1, 0.15) is 53.2 Å². The highest BCUT2D eigenvalue weighted by Crippen LogP contribution is 2.24. The summed E-state index contributed by atoms with van der Waals surface area (Å²) in [4.78, 5) is 25.8. The number of carbonyl (C=O) groups is 1. The molecule has 0 fully saturated rings. The first-order valence-corrected chi connectivity index (χ1v) is 9.16. The number of hydrogen-bond donors (Lipinski definition) is 1. The van der Waals surface area contributed by atoms with Crippen LogP contribution in [-0.4, -0.2) is 31.7 Å². The Morgan fingerprint density at radius 3 is 2.93 bits per heavy atom. The van der Waals surface area contributed by atoms with Gasteiger partial charge in [-0.1, -0.05) is 18.1 Å². The van der Waals surface area contributed by atoms with Gasteiger partial charge in [-0.3, -0.25) is 19.8 Å². The molecule has 0 saturated carbocycles. The highest BCUT2D eigenvalue weighted by atomic mass is 16.5. The van der Waals surface area contributed by atoms with E-state index in [0.717, 1.165) is 22.5 Å². The van der Waals surface area contributed by atoms with Gasteiger partial charge >= 0.3 is 0 Å². The fourth-order valence-electron chi connectivity index (χ4n) is 3.34. The van der Waals surface area contributed by atoms with E-state index in [9.17, 15) is 4.79 Å². The SMILES string of the molecule is C[C@@H](CC(=O)Cc1cc2c(cn1)C(c1cc(CO)on1)=NC2)c1ccccn1. The average molecular weight is 376 g/mol. The maximum absolute atomic E-state index is 12.5. The van der Waals surface area contributed by atoms with Crippen LogP contribution in [0.25, 0.3) is 0 Å². The molecule has 3 aromatic rings. The van der Waals surface area contributed by atoms with Crippen molar-refractivity contribution in [1.82, 2.24) is 15.1 Å². The molecule has 3 aromatic heterocycles. The van der Waals surface area contributed by atoms with Crippen LogP contribution in [-0.2, 0) is 24.4 Å². The van der Waals surface area contributed by atoms with E-state index in [4.69, 9.17) is 9.63 Å². The molecule has 142 valence electrons. The summed E-state index contributed by atoms with van der Waals surface area (Å²) in [5.41, 5.74) is 4.84. The fourth-order valence-corrected chi connectivity index (χ4v) is 3.34. The Bertz CT molecular complexity index is 1030. The van der Waals surface area contributed by atoms with Crippen molar-refractivity contribution in [2.75, 3.05) is 0 Å². The maximum atomic E-state index is 12.5. The number of aliphatic hydroxyl groups is 1. The van der Waals surface area contributed by atoms with Gasteiger partial charge in [0.2, 0.25) is 0 Å². The van der Waals surface area contributed by atoms with E-state index in [2.05, 4.69) is 20.1 Å². The van der Waals surface area contributed by atoms with E-state index in [-0.39, 0.29) is 18.3 Å². The van der Waals surface area contributed by atoms with E-state index < -0.39 is 0 Å². The van der Waals surface area contributed by atoms with E-state index in [1.807, 2.05) is 31.2 Å². The molecule has 1 N–H and O–H groups in total. The lowest BCUT2D eigenvalue weighted by Crippen LogP contribution is -2.10. The molecule has 1 aliphatic rings. The van der Waals surface area contributed by atoms with Gasteiger partial charge in [0.25, 0.3) is 0 Å². The second-order valence-electron chi connectivity index (χ2n) is 6.91. The largest absolute Gasteiger partial charge is 0.388 e. The molecule has 4 heterocycles. The molecule has 0 radical (unpaired) electrons. The van der Waals surface area contributed by atoms with Crippen LogP contribution in [0.5, 0.6) is 0 Å². The summed E-state index contributed by atoms with van der Waals surface area (Å²) in [5, 5.41) is 13.1. The Labute approximate surface area is 162 Å². The van der Waals surface area contributed by atoms with Crippen LogP contribution >= 0.6 is 0 Å². The molecule has 28 heavy (non-hydrogen) atoms. The van der Waals surface area contributed by atoms with E-state index in [1.165, 1.54) is 0 Å². The number of ketones is 1. The first-order valence-electron chi connectivity index (χ1n) is 9.16. The van der Waals surface area contributed by atoms with Gasteiger partial charge in [-0.25, -0.2) is 0 Å². The van der Waals surface area contributed by atoms with Crippen LogP contribution in [0.4, 0.5) is 0 Å². The number of aliphatic hydroxyl groups excluding tert-OH is 1. The second-order valence-corrected chi connectivity index (χ2v) is 6.91. The molecule has 1 aliphatic heterocycles. The molecule has 7 heteroatoms. The zero-order valence-electron chi connectivity index (χ0n) is 15.5. The highest BCUT2D eigenvalue weighted by molar-refractivity contribution is 6.13. The number of pyridine rings is 2. The predicted octanol–water partition coefficient (Wildman–Crippen LogP) is 2.61. The summed E-state index contributed by atoms with van der Waals surface area (Å²) in [6, 6.07) is 9.34. The summed E-state index contributed by atoms with van der Waals surface area (Å²) in [6.07, 6.45) is 4.20. The number of rotatable bonds is 7. The Kier molecular flexibility index (Phi) is 5.08. The molecule has 0 aliphatic carbocycles. The number of aliphatic imine (C=N–C) groups is 1. The zero-order valence-corrected chi connectivity index (χ0v) is 15.5. The first-order chi connectivity index (χ1) is 13.6. The molecule has 0 bridgehead atoms. The lowest BCUT2D eigenvalue weighted by atomic mass is 9.97. The van der Waals surface area contributed by atoms with Crippen LogP contribution in [0, 0.1) is 0 Å². The maximum Gasteiger partial charge on any atom is 0.162 e. The summed E-state index contributed by atoms with van der Waals surface area (Å²) < 4.78 is 5.04. The van der Waals surface area contributed by atoms with Crippen LogP contribution in [0.2, 0.25) is 0 Å². The smallest absolute Gasteiger partial charge is 0.162 e. The van der Waals surface area contributed by atoms with Gasteiger partial charge < -0.3 is 9.63 Å². The summed E-state index contributed by atoms with van der Waals surface area (Å²) in [6.45, 7) is 2.32. The third kappa shape index (κ3) is 3.75. The summed E-state index contributed by atoms with van der Waals surface area (Å²) in [7, 11) is 0. The molecule has 0 unspecified atom stereocenters. The molecule has 0 saturated heterocycles. The molecule has 4 rings (SSSR count). The van der Waals surface area contributed by atoms with Crippen LogP contribution < -0.4 is 0 Å². The second kappa shape index (κ2) is 7.82. The van der Waals surface area contributed by atoms with Gasteiger partial charge in [0.15, 0.2) is 5.76 Å². The molecular formula is C21H20N4O3. The number of Topliss-reactive ketones (excluding diaryl/α,β-unsaturated/α-hetero) is 1. The molecular weight excluding hydrogens is 356 g/mol. The van der Waals surface area contributed by atoms with Gasteiger partial charge in [0.1, 0.15) is 18.1 Å². The van der Waals surface area contributed by atoms with Crippen molar-refractivity contribution in [3.05, 3.63) is 76.7 Å². The van der Waals surface area contributed by atoms with Crippen molar-refractivity contribution in [3.63, 3.8) is 0 Å². The minimum absolute atomic E-state index is 0.0750. The monoisotopic (exact) mass is 376 g/mol. The number of hydrogen-bond acceptors (Lipinski definition) is 7. The Morgan fingerprint density at radius 2 is 2.18 bits per heavy atom. The highest BCUT2D eigenvalue weighted by Gasteiger charge is 2.22. The third-order valence-electron chi connectivity index (χ3n) is 4.77. The molecule has 0 aromatic carbocycles. The number of nitrogens with zero attached hydrogens (tertiary/aromatic N) is 4. The topological polar surface area (TPSA) is 101 Å². The van der Waals surface area contributed by atoms with Crippen molar-refractivity contribution in [2.24, 2.45) is 4.99 Å². The molecule has 7 nitrogen and oxygen atoms in total. The Balaban J connectivity index is 1.43. The zero-order chi connectivity index (χ0) is 19.5. The Hall–Kier alpha value is -3.19. The number of carbonyl (C=O) groups excluding carboxylic acids is 1. The first kappa shape index (κ1) is 18.2. The van der Waals surface area contributed by atoms with E-state index in [1.54, 1.807) is 18.5 Å². The standard InChI is InChI=1S/C21H20N4O3/c1-13(19-4-2-3-5-22-19)6-16(27)8-15-7-14-10-24-21(18(14)11-23-15)20-9-17(12-26)28-25-20/h2-5,7,9,11,13,26H,6,8,10,12H2,1H3/t13-/m0/s1. The summed E-state index contributed by atoms with van der Waals surface area (Å²) >= 11 is 0. The lowest BCUT2D eigenvalue weighted by Gasteiger charge is -2.10. The van der Waals surface area contributed by atoms with Gasteiger partial charge in [0, 0.05) is 54.2 Å². The van der Waals surface area contributed by atoms with E-state index in [0.29, 0.717) is 36.6 Å². The normalized spacial score (nSPS) is 13.9. The van der Waals surface area contributed by atoms with Gasteiger partial charge in [0.05, 0.1) is 12.3 Å². The number of aromatic nitrogens is 3. The van der Waals surface area contributed by atoms with Crippen molar-refractivity contribution >= 4 is 11.5 Å². The quantitative estimate of drug-likeness (QED) is 0.680. The minimum atomic E-state index is -0.205. The van der Waals surface area contributed by atoms with Crippen molar-refractivity contribution in [1.29, 1.82) is 0 Å². The van der Waals surface area contributed by atoms with Crippen molar-refractivity contribution in [3.8, 4) is 0 Å². The lowest BCUT2D eigenvalue weighted by molar-refractivity contribution is -0.118.